The minimum Gasteiger partial charge on any atom is -0.462 e. The molecule has 0 saturated heterocycles. The maximum absolute atomic E-state index is 13.2. The molecule has 111 heavy (non-hydrogen) atoms. The Balaban J connectivity index is 5.05. The van der Waals surface area contributed by atoms with Gasteiger partial charge in [-0.1, -0.05) is 458 Å². The van der Waals surface area contributed by atoms with Crippen LogP contribution in [-0.2, 0) is 65.4 Å². The molecule has 0 aromatic carbocycles. The second-order valence-electron chi connectivity index (χ2n) is 33.1. The molecule has 5 atom stereocenters. The molecule has 660 valence electrons. The van der Waals surface area contributed by atoms with Crippen molar-refractivity contribution in [1.29, 1.82) is 0 Å². The van der Waals surface area contributed by atoms with Crippen LogP contribution in [0.2, 0.25) is 0 Å². The lowest BCUT2D eigenvalue weighted by molar-refractivity contribution is -0.161. The number of rotatable bonds is 93. The summed E-state index contributed by atoms with van der Waals surface area (Å²) in [5.41, 5.74) is 0. The number of ether oxygens (including phenoxy) is 4. The van der Waals surface area contributed by atoms with Gasteiger partial charge < -0.3 is 33.8 Å². The molecule has 0 spiro atoms. The highest BCUT2D eigenvalue weighted by molar-refractivity contribution is 7.47. The smallest absolute Gasteiger partial charge is 0.462 e. The second kappa shape index (κ2) is 85.9. The Morgan fingerprint density at radius 2 is 0.360 bits per heavy atom. The molecule has 0 amide bonds. The predicted molar refractivity (Wildman–Crippen MR) is 460 cm³/mol. The molecular weight excluding hydrogens is 1440 g/mol. The number of aliphatic hydroxyl groups is 1. The summed E-state index contributed by atoms with van der Waals surface area (Å²) in [6.45, 7) is 4.99. The Kier molecular flexibility index (Phi) is 84.4. The molecule has 0 saturated carbocycles. The van der Waals surface area contributed by atoms with Crippen LogP contribution in [0.5, 0.6) is 0 Å². The zero-order valence-electron chi connectivity index (χ0n) is 73.0. The minimum atomic E-state index is -4.97. The highest BCUT2D eigenvalue weighted by Gasteiger charge is 2.31. The number of carbonyl (C=O) groups excluding carboxylic acids is 4. The summed E-state index contributed by atoms with van der Waals surface area (Å²) < 4.78 is 68.8. The van der Waals surface area contributed by atoms with E-state index in [-0.39, 0.29) is 25.7 Å². The maximum Gasteiger partial charge on any atom is 0.472 e. The average Bonchev–Trinajstić information content (AvgIpc) is 0.898. The number of unbranched alkanes of at least 4 members (excludes halogenated alkanes) is 67. The van der Waals surface area contributed by atoms with Crippen LogP contribution in [0.3, 0.4) is 0 Å². The Bertz CT molecular complexity index is 2090. The lowest BCUT2D eigenvalue weighted by Crippen LogP contribution is -2.30. The molecular formula is C92H180O17P2. The van der Waals surface area contributed by atoms with Crippen molar-refractivity contribution in [1.82, 2.24) is 0 Å². The van der Waals surface area contributed by atoms with E-state index in [1.807, 2.05) is 0 Å². The monoisotopic (exact) mass is 1620 g/mol. The van der Waals surface area contributed by atoms with Gasteiger partial charge in [-0.25, -0.2) is 9.13 Å². The largest absolute Gasteiger partial charge is 0.472 e. The van der Waals surface area contributed by atoms with Crippen LogP contribution < -0.4 is 0 Å². The maximum atomic E-state index is 13.2. The van der Waals surface area contributed by atoms with Crippen LogP contribution >= 0.6 is 15.6 Å². The highest BCUT2D eigenvalue weighted by atomic mass is 31.2. The van der Waals surface area contributed by atoms with E-state index in [2.05, 4.69) is 27.7 Å². The van der Waals surface area contributed by atoms with Gasteiger partial charge in [0.1, 0.15) is 19.3 Å². The molecule has 0 aromatic heterocycles. The van der Waals surface area contributed by atoms with Gasteiger partial charge in [-0.3, -0.25) is 37.3 Å². The molecule has 0 aromatic rings. The lowest BCUT2D eigenvalue weighted by atomic mass is 10.0. The summed E-state index contributed by atoms with van der Waals surface area (Å²) in [4.78, 5) is 73.1. The van der Waals surface area contributed by atoms with Crippen molar-refractivity contribution in [2.45, 2.75) is 528 Å². The molecule has 0 heterocycles. The van der Waals surface area contributed by atoms with E-state index < -0.39 is 97.5 Å². The molecule has 0 aliphatic rings. The zero-order valence-corrected chi connectivity index (χ0v) is 74.7. The van der Waals surface area contributed by atoms with Crippen molar-refractivity contribution in [3.63, 3.8) is 0 Å². The molecule has 17 nitrogen and oxygen atoms in total. The van der Waals surface area contributed by atoms with Crippen molar-refractivity contribution in [2.75, 3.05) is 39.6 Å². The Hall–Kier alpha value is -1.94. The van der Waals surface area contributed by atoms with Gasteiger partial charge in [0.2, 0.25) is 0 Å². The molecule has 0 rings (SSSR count). The standard InChI is InChI=1S/C92H180O17P2/c1-5-9-13-17-20-23-26-29-32-35-38-41-44-47-50-53-56-59-62-65-69-73-77-90(95)103-83-88(109-92(97)79-75-71-67-64-61-58-55-52-49-46-43-40-37-34-31-28-25-22-19-15-11-7-3)85-107-111(100,101)105-81-86(93)80-104-110(98,99)106-84-87(82-102-89(94)76-72-68-16-12-8-4)108-91(96)78-74-70-66-63-60-57-54-51-48-45-42-39-36-33-30-27-24-21-18-14-10-6-2/h86-88,93H,5-85H2,1-4H3,(H,98,99)(H,100,101)/t86-,87+,88+/m0/s1. The minimum absolute atomic E-state index is 0.109. The normalized spacial score (nSPS) is 13.6. The number of carbonyl (C=O) groups is 4. The van der Waals surface area contributed by atoms with Crippen molar-refractivity contribution >= 4 is 39.5 Å². The molecule has 19 heteroatoms. The topological polar surface area (TPSA) is 237 Å². The molecule has 0 aliphatic heterocycles. The number of aliphatic hydroxyl groups excluding tert-OH is 1. The second-order valence-corrected chi connectivity index (χ2v) is 36.0. The highest BCUT2D eigenvalue weighted by Crippen LogP contribution is 2.45. The Labute approximate surface area is 683 Å². The summed E-state index contributed by atoms with van der Waals surface area (Å²) in [6, 6.07) is 0. The lowest BCUT2D eigenvalue weighted by Gasteiger charge is -2.21. The van der Waals surface area contributed by atoms with E-state index in [4.69, 9.17) is 37.0 Å². The van der Waals surface area contributed by atoms with E-state index in [1.54, 1.807) is 0 Å². The van der Waals surface area contributed by atoms with Gasteiger partial charge in [-0.05, 0) is 25.7 Å². The van der Waals surface area contributed by atoms with Crippen molar-refractivity contribution in [3.8, 4) is 0 Å². The third kappa shape index (κ3) is 85.8. The SMILES string of the molecule is CCCCCCCCCCCCCCCCCCCCCCCCC(=O)OC[C@H](COP(=O)(O)OC[C@@H](O)COP(=O)(O)OC[C@@H](COC(=O)CCCCCCC)OC(=O)CCCCCCCCCCCCCCCCCCCCCCCC)OC(=O)CCCCCCCCCCCCCCCCCCCCCCCC. The predicted octanol–water partition coefficient (Wildman–Crippen LogP) is 28.9. The first-order valence-electron chi connectivity index (χ1n) is 47.8. The molecule has 3 N–H and O–H groups in total. The summed E-state index contributed by atoms with van der Waals surface area (Å²) in [7, 11) is -9.92. The first-order chi connectivity index (χ1) is 54.2. The van der Waals surface area contributed by atoms with Crippen molar-refractivity contribution in [2.24, 2.45) is 0 Å². The van der Waals surface area contributed by atoms with Gasteiger partial charge in [0, 0.05) is 25.7 Å². The van der Waals surface area contributed by atoms with Crippen LogP contribution in [0, 0.1) is 0 Å². The third-order valence-electron chi connectivity index (χ3n) is 21.9. The Morgan fingerprint density at radius 1 is 0.216 bits per heavy atom. The summed E-state index contributed by atoms with van der Waals surface area (Å²) in [5.74, 6) is -2.11. The van der Waals surface area contributed by atoms with Crippen molar-refractivity contribution in [3.05, 3.63) is 0 Å². The zero-order chi connectivity index (χ0) is 81.0. The molecule has 0 radical (unpaired) electrons. The summed E-state index contributed by atoms with van der Waals surface area (Å²) >= 11 is 0. The molecule has 0 bridgehead atoms. The van der Waals surface area contributed by atoms with Crippen LogP contribution in [0.25, 0.3) is 0 Å². The third-order valence-corrected chi connectivity index (χ3v) is 23.8. The van der Waals surface area contributed by atoms with E-state index in [0.29, 0.717) is 25.7 Å². The van der Waals surface area contributed by atoms with Gasteiger partial charge in [-0.2, -0.15) is 0 Å². The van der Waals surface area contributed by atoms with Gasteiger partial charge in [0.15, 0.2) is 12.2 Å². The summed E-state index contributed by atoms with van der Waals surface area (Å²) in [6.07, 6.45) is 84.3. The molecule has 0 fully saturated rings. The quantitative estimate of drug-likeness (QED) is 0.0222. The Morgan fingerprint density at radius 3 is 0.532 bits per heavy atom. The van der Waals surface area contributed by atoms with E-state index in [0.717, 1.165) is 96.3 Å². The molecule has 2 unspecified atom stereocenters. The van der Waals surface area contributed by atoms with E-state index >= 15 is 0 Å². The van der Waals surface area contributed by atoms with Crippen molar-refractivity contribution < 1.29 is 80.2 Å². The van der Waals surface area contributed by atoms with Crippen LogP contribution in [0.1, 0.15) is 509 Å². The van der Waals surface area contributed by atoms with Gasteiger partial charge in [-0.15, -0.1) is 0 Å². The molecule has 0 aliphatic carbocycles. The first kappa shape index (κ1) is 109. The summed E-state index contributed by atoms with van der Waals surface area (Å²) in [5, 5.41) is 10.7. The van der Waals surface area contributed by atoms with Gasteiger partial charge in [0.05, 0.1) is 26.4 Å². The van der Waals surface area contributed by atoms with Crippen LogP contribution in [0.4, 0.5) is 0 Å². The fourth-order valence-corrected chi connectivity index (χ4v) is 16.2. The average molecular weight is 1620 g/mol. The van der Waals surface area contributed by atoms with Gasteiger partial charge in [0.25, 0.3) is 0 Å². The number of phosphoric acid groups is 2. The first-order valence-corrected chi connectivity index (χ1v) is 50.8. The number of hydrogen-bond donors (Lipinski definition) is 3. The fraction of sp³-hybridized carbons (Fsp3) is 0.957. The van der Waals surface area contributed by atoms with E-state index in [1.165, 1.54) is 334 Å². The number of hydrogen-bond acceptors (Lipinski definition) is 15. The van der Waals surface area contributed by atoms with Crippen LogP contribution in [-0.4, -0.2) is 96.7 Å². The van der Waals surface area contributed by atoms with Crippen LogP contribution in [0.15, 0.2) is 0 Å². The van der Waals surface area contributed by atoms with E-state index in [9.17, 15) is 43.2 Å². The number of esters is 4. The fourth-order valence-electron chi connectivity index (χ4n) is 14.6. The van der Waals surface area contributed by atoms with Gasteiger partial charge >= 0.3 is 39.5 Å². The number of phosphoric ester groups is 2.